The van der Waals surface area contributed by atoms with Gasteiger partial charge in [0, 0.05) is 50.3 Å². The fourth-order valence-electron chi connectivity index (χ4n) is 8.14. The number of anilines is 1. The van der Waals surface area contributed by atoms with Crippen molar-refractivity contribution in [2.75, 3.05) is 18.5 Å². The average molecular weight is 717 g/mol. The molecule has 2 bridgehead atoms. The predicted octanol–water partition coefficient (Wildman–Crippen LogP) is 5.88. The topological polar surface area (TPSA) is 146 Å². The lowest BCUT2D eigenvalue weighted by Gasteiger charge is -2.43. The Morgan fingerprint density at radius 2 is 1.70 bits per heavy atom. The third-order valence-electron chi connectivity index (χ3n) is 9.88. The number of halogens is 2. The van der Waals surface area contributed by atoms with Crippen LogP contribution in [0.15, 0.2) is 52.3 Å². The number of rotatable bonds is 11. The van der Waals surface area contributed by atoms with Crippen LogP contribution in [-0.2, 0) is 19.2 Å². The van der Waals surface area contributed by atoms with Gasteiger partial charge in [-0.1, -0.05) is 41.0 Å². The molecule has 246 valence electrons. The number of imide groups is 1. The third kappa shape index (κ3) is 5.98. The number of H-pyrrole nitrogens is 1. The number of hydrogen-bond donors (Lipinski definition) is 3. The number of likely N-dealkylation sites (tertiary alicyclic amines) is 1. The first-order valence-electron chi connectivity index (χ1n) is 15.5. The van der Waals surface area contributed by atoms with E-state index in [2.05, 4.69) is 10.3 Å². The number of aliphatic carboxylic acids is 1. The molecule has 7 rings (SSSR count). The van der Waals surface area contributed by atoms with Crippen molar-refractivity contribution >= 4 is 75.7 Å². The number of carboxylic acids is 1. The summed E-state index contributed by atoms with van der Waals surface area (Å²) in [6.45, 7) is 0.0227. The molecule has 3 fully saturated rings. The molecule has 2 aromatic carbocycles. The highest BCUT2D eigenvalue weighted by molar-refractivity contribution is 8.00. The highest BCUT2D eigenvalue weighted by Gasteiger charge is 2.69. The van der Waals surface area contributed by atoms with E-state index >= 15 is 0 Å². The number of thiazole rings is 1. The molecule has 3 amide bonds. The van der Waals surface area contributed by atoms with E-state index in [4.69, 9.17) is 33.0 Å². The Hall–Kier alpha value is -3.32. The van der Waals surface area contributed by atoms with Crippen LogP contribution < -0.4 is 14.9 Å². The molecule has 1 saturated heterocycles. The van der Waals surface area contributed by atoms with Crippen molar-refractivity contribution in [3.8, 4) is 5.75 Å². The Morgan fingerprint density at radius 1 is 0.979 bits per heavy atom. The fourth-order valence-corrected chi connectivity index (χ4v) is 11.3. The lowest BCUT2D eigenvalue weighted by Crippen LogP contribution is -2.42. The first-order chi connectivity index (χ1) is 22.6. The van der Waals surface area contributed by atoms with Gasteiger partial charge in [-0.3, -0.25) is 28.9 Å². The summed E-state index contributed by atoms with van der Waals surface area (Å²) in [6.07, 6.45) is 2.49. The second-order valence-electron chi connectivity index (χ2n) is 12.5. The number of aromatic amines is 1. The van der Waals surface area contributed by atoms with Crippen molar-refractivity contribution in [3.05, 3.63) is 72.6 Å². The number of aromatic nitrogens is 1. The van der Waals surface area contributed by atoms with E-state index in [1.165, 1.54) is 4.90 Å². The van der Waals surface area contributed by atoms with Crippen LogP contribution >= 0.6 is 46.3 Å². The monoisotopic (exact) mass is 715 g/mol. The van der Waals surface area contributed by atoms with Gasteiger partial charge >= 0.3 is 10.8 Å². The minimum absolute atomic E-state index is 0.0173. The maximum absolute atomic E-state index is 13.8. The summed E-state index contributed by atoms with van der Waals surface area (Å²) in [5.41, 5.74) is 1.31. The van der Waals surface area contributed by atoms with E-state index in [1.807, 2.05) is 6.07 Å². The van der Waals surface area contributed by atoms with Crippen LogP contribution in [0, 0.1) is 29.6 Å². The minimum Gasteiger partial charge on any atom is -0.483 e. The Kier molecular flexibility index (Phi) is 8.88. The smallest absolute Gasteiger partial charge is 0.305 e. The van der Waals surface area contributed by atoms with Gasteiger partial charge in [-0.2, -0.15) is 0 Å². The van der Waals surface area contributed by atoms with E-state index < -0.39 is 17.8 Å². The normalized spacial score (nSPS) is 27.0. The summed E-state index contributed by atoms with van der Waals surface area (Å²) < 4.78 is 6.12. The number of ether oxygens (including phenoxy) is 1. The van der Waals surface area contributed by atoms with Crippen LogP contribution in [0.5, 0.6) is 5.75 Å². The number of nitrogens with one attached hydrogen (secondary N) is 2. The molecule has 2 aliphatic carbocycles. The summed E-state index contributed by atoms with van der Waals surface area (Å²) in [5, 5.41) is 13.5. The molecule has 3 N–H and O–H groups in total. The van der Waals surface area contributed by atoms with Gasteiger partial charge in [0.05, 0.1) is 16.9 Å². The van der Waals surface area contributed by atoms with E-state index in [9.17, 15) is 24.0 Å². The minimum atomic E-state index is -0.858. The summed E-state index contributed by atoms with van der Waals surface area (Å²) in [7, 11) is 0. The molecule has 4 aliphatic rings. The Bertz CT molecular complexity index is 1810. The summed E-state index contributed by atoms with van der Waals surface area (Å²) >= 11 is 15.2. The molecule has 47 heavy (non-hydrogen) atoms. The maximum atomic E-state index is 13.8. The largest absolute Gasteiger partial charge is 0.483 e. The molecule has 1 aromatic heterocycles. The molecular weight excluding hydrogens is 685 g/mol. The molecular formula is C33H31Cl2N3O7S2. The summed E-state index contributed by atoms with van der Waals surface area (Å²) in [5.74, 6) is -2.43. The van der Waals surface area contributed by atoms with Gasteiger partial charge < -0.3 is 20.1 Å². The lowest BCUT2D eigenvalue weighted by molar-refractivity contribution is -0.141. The zero-order valence-electron chi connectivity index (χ0n) is 24.9. The molecule has 0 spiro atoms. The van der Waals surface area contributed by atoms with Crippen LogP contribution in [0.3, 0.4) is 0 Å². The van der Waals surface area contributed by atoms with Gasteiger partial charge in [0.1, 0.15) is 5.75 Å². The summed E-state index contributed by atoms with van der Waals surface area (Å²) in [6, 6.07) is 12.0. The van der Waals surface area contributed by atoms with Crippen molar-refractivity contribution in [1.82, 2.24) is 9.88 Å². The Labute approximate surface area is 288 Å². The lowest BCUT2D eigenvalue weighted by atomic mass is 9.68. The first kappa shape index (κ1) is 32.2. The van der Waals surface area contributed by atoms with E-state index in [0.717, 1.165) is 33.2 Å². The van der Waals surface area contributed by atoms with Gasteiger partial charge in [-0.05, 0) is 79.5 Å². The number of nitrogens with zero attached hydrogens (tertiary/aromatic N) is 1. The quantitative estimate of drug-likeness (QED) is 0.165. The number of benzene rings is 2. The number of carbonyl (C=O) groups is 4. The van der Waals surface area contributed by atoms with Crippen LogP contribution in [0.2, 0.25) is 10.0 Å². The third-order valence-corrected chi connectivity index (χ3v) is 13.0. The van der Waals surface area contributed by atoms with Crippen LogP contribution in [0.1, 0.15) is 48.5 Å². The van der Waals surface area contributed by atoms with Gasteiger partial charge in [0.2, 0.25) is 11.8 Å². The van der Waals surface area contributed by atoms with Crippen molar-refractivity contribution in [2.45, 2.75) is 48.3 Å². The average Bonchev–Trinajstić information content (AvgIpc) is 3.77. The number of carbonyl (C=O) groups excluding carboxylic acids is 3. The number of hydrogen-bond acceptors (Lipinski definition) is 8. The molecule has 3 aromatic rings. The number of unbranched alkanes of at least 4 members (excludes halogenated alkanes) is 2. The molecule has 14 heteroatoms. The van der Waals surface area contributed by atoms with Gasteiger partial charge in [-0.25, -0.2) is 0 Å². The van der Waals surface area contributed by atoms with Crippen molar-refractivity contribution in [2.24, 2.45) is 29.6 Å². The van der Waals surface area contributed by atoms with E-state index in [1.54, 1.807) is 48.2 Å². The molecule has 6 unspecified atom stereocenters. The zero-order chi connectivity index (χ0) is 33.0. The number of thioether (sulfide) groups is 1. The van der Waals surface area contributed by atoms with Gasteiger partial charge in [-0.15, -0.1) is 11.8 Å². The first-order valence-corrected chi connectivity index (χ1v) is 18.0. The van der Waals surface area contributed by atoms with Crippen molar-refractivity contribution < 1.29 is 29.0 Å². The molecule has 2 saturated carbocycles. The Morgan fingerprint density at radius 3 is 2.45 bits per heavy atom. The molecule has 2 aliphatic heterocycles. The Balaban J connectivity index is 1.16. The molecule has 3 heterocycles. The highest BCUT2D eigenvalue weighted by atomic mass is 35.5. The molecule has 10 nitrogen and oxygen atoms in total. The standard InChI is InChI=1S/C33H31Cl2N3O7S2/c34-15-5-8-17(9-6-15)36-22(39)14-45-21-10-7-16(35)12-18(21)24-25-19-13-20(28(25)46-30-29(24)47-33(44)37-30)27-26(19)31(42)38(32(27)43)11-3-1-2-4-23(40)41/h5-10,12,19-20,24-28H,1-4,11,13-14H2,(H,36,39)(H,37,44)(H,40,41)/t19?,20?,24-,25?,26?,27?,28?/m1/s1. The van der Waals surface area contributed by atoms with Crippen molar-refractivity contribution in [1.29, 1.82) is 0 Å². The molecule has 7 atom stereocenters. The zero-order valence-corrected chi connectivity index (χ0v) is 28.1. The number of carboxylic acid groups (broad SMARTS) is 1. The van der Waals surface area contributed by atoms with E-state index in [0.29, 0.717) is 47.3 Å². The highest BCUT2D eigenvalue weighted by Crippen LogP contribution is 2.69. The van der Waals surface area contributed by atoms with Crippen LogP contribution in [0.4, 0.5) is 5.69 Å². The van der Waals surface area contributed by atoms with Gasteiger partial charge in [0.25, 0.3) is 5.91 Å². The van der Waals surface area contributed by atoms with Crippen molar-refractivity contribution in [3.63, 3.8) is 0 Å². The maximum Gasteiger partial charge on any atom is 0.305 e. The second-order valence-corrected chi connectivity index (χ2v) is 15.6. The second kappa shape index (κ2) is 12.9. The SMILES string of the molecule is O=C(O)CCCCCN1C(=O)C2C3CC(C2C1=O)C1C3Sc2[nH]c(=O)sc2[C@@H]1c1cc(Cl)ccc1OCC(=O)Nc1ccc(Cl)cc1. The number of amides is 3. The van der Waals surface area contributed by atoms with E-state index in [-0.39, 0.29) is 64.5 Å². The summed E-state index contributed by atoms with van der Waals surface area (Å²) in [4.78, 5) is 69.0. The number of fused-ring (bicyclic) bond motifs is 9. The predicted molar refractivity (Wildman–Crippen MR) is 178 cm³/mol. The van der Waals surface area contributed by atoms with Crippen LogP contribution in [0.25, 0.3) is 0 Å². The fraction of sp³-hybridized carbons (Fsp3) is 0.424. The van der Waals surface area contributed by atoms with Crippen LogP contribution in [-0.4, -0.2) is 57.1 Å². The van der Waals surface area contributed by atoms with Gasteiger partial charge in [0.15, 0.2) is 6.61 Å². The molecule has 0 radical (unpaired) electrons.